The average Bonchev–Trinajstić information content (AvgIpc) is 2.85. The number of ether oxygens (including phenoxy) is 2. The third-order valence-electron chi connectivity index (χ3n) is 3.78. The van der Waals surface area contributed by atoms with Crippen molar-refractivity contribution in [3.63, 3.8) is 0 Å². The number of aromatic nitrogens is 2. The second-order valence-corrected chi connectivity index (χ2v) is 5.21. The summed E-state index contributed by atoms with van der Waals surface area (Å²) in [5.41, 5.74) is 0.768. The van der Waals surface area contributed by atoms with Gasteiger partial charge in [0.05, 0.1) is 6.61 Å². The van der Waals surface area contributed by atoms with Crippen LogP contribution in [-0.2, 0) is 23.1 Å². The zero-order valence-corrected chi connectivity index (χ0v) is 11.7. The summed E-state index contributed by atoms with van der Waals surface area (Å²) in [5, 5.41) is 0.977. The molecule has 0 amide bonds. The molecular formula is C15H20N2O3. The van der Waals surface area contributed by atoms with Gasteiger partial charge >= 0.3 is 0 Å². The fourth-order valence-electron chi connectivity index (χ4n) is 2.63. The predicted molar refractivity (Wildman–Crippen MR) is 76.7 cm³/mol. The number of pyridine rings is 1. The van der Waals surface area contributed by atoms with Crippen molar-refractivity contribution in [2.45, 2.75) is 32.1 Å². The maximum absolute atomic E-state index is 12.3. The van der Waals surface area contributed by atoms with Crippen molar-refractivity contribution >= 4 is 10.9 Å². The first-order chi connectivity index (χ1) is 9.75. The molecule has 20 heavy (non-hydrogen) atoms. The molecular weight excluding hydrogens is 256 g/mol. The fourth-order valence-corrected chi connectivity index (χ4v) is 2.63. The molecule has 1 fully saturated rings. The summed E-state index contributed by atoms with van der Waals surface area (Å²) in [5.74, 6) is 0. The second kappa shape index (κ2) is 5.81. The molecule has 1 saturated heterocycles. The van der Waals surface area contributed by atoms with Gasteiger partial charge in [0.15, 0.2) is 6.29 Å². The van der Waals surface area contributed by atoms with Gasteiger partial charge in [0.1, 0.15) is 5.52 Å². The first-order valence-corrected chi connectivity index (χ1v) is 7.13. The summed E-state index contributed by atoms with van der Waals surface area (Å²) < 4.78 is 14.7. The Bertz CT molecular complexity index is 638. The second-order valence-electron chi connectivity index (χ2n) is 5.21. The lowest BCUT2D eigenvalue weighted by atomic mass is 10.2. The highest BCUT2D eigenvalue weighted by molar-refractivity contribution is 5.78. The van der Waals surface area contributed by atoms with Crippen LogP contribution in [0.4, 0.5) is 0 Å². The third kappa shape index (κ3) is 2.64. The van der Waals surface area contributed by atoms with E-state index < -0.39 is 0 Å². The zero-order chi connectivity index (χ0) is 13.9. The fraction of sp³-hybridized carbons (Fsp3) is 0.533. The Hall–Kier alpha value is -1.59. The van der Waals surface area contributed by atoms with Crippen molar-refractivity contribution in [3.05, 3.63) is 34.9 Å². The van der Waals surface area contributed by atoms with Crippen molar-refractivity contribution in [1.29, 1.82) is 0 Å². The van der Waals surface area contributed by atoms with Crippen LogP contribution < -0.4 is 5.56 Å². The van der Waals surface area contributed by atoms with E-state index in [4.69, 9.17) is 9.47 Å². The molecule has 2 aromatic rings. The first kappa shape index (κ1) is 13.4. The first-order valence-electron chi connectivity index (χ1n) is 7.13. The maximum Gasteiger partial charge on any atom is 0.275 e. The van der Waals surface area contributed by atoms with Gasteiger partial charge in [0.2, 0.25) is 0 Å². The lowest BCUT2D eigenvalue weighted by Crippen LogP contribution is -2.27. The van der Waals surface area contributed by atoms with Gasteiger partial charge in [-0.25, -0.2) is 0 Å². The molecule has 0 radical (unpaired) electrons. The number of hydrogen-bond donors (Lipinski definition) is 0. The molecule has 0 saturated carbocycles. The van der Waals surface area contributed by atoms with Crippen molar-refractivity contribution in [3.8, 4) is 0 Å². The molecule has 0 N–H and O–H groups in total. The molecule has 3 rings (SSSR count). The Balaban J connectivity index is 1.66. The Morgan fingerprint density at radius 3 is 3.00 bits per heavy atom. The minimum atomic E-state index is -0.0989. The van der Waals surface area contributed by atoms with Crippen LogP contribution in [0.15, 0.2) is 29.3 Å². The molecule has 3 heterocycles. The van der Waals surface area contributed by atoms with Gasteiger partial charge in [-0.3, -0.25) is 4.79 Å². The van der Waals surface area contributed by atoms with E-state index in [0.29, 0.717) is 13.2 Å². The molecule has 5 nitrogen and oxygen atoms in total. The highest BCUT2D eigenvalue weighted by Gasteiger charge is 2.14. The van der Waals surface area contributed by atoms with Gasteiger partial charge in [-0.2, -0.15) is 0 Å². The summed E-state index contributed by atoms with van der Waals surface area (Å²) in [6.45, 7) is 1.83. The third-order valence-corrected chi connectivity index (χ3v) is 3.78. The van der Waals surface area contributed by atoms with Gasteiger partial charge in [0, 0.05) is 38.0 Å². The summed E-state index contributed by atoms with van der Waals surface area (Å²) in [6, 6.07) is 3.92. The summed E-state index contributed by atoms with van der Waals surface area (Å²) in [6.07, 6.45) is 6.85. The van der Waals surface area contributed by atoms with Crippen LogP contribution in [0.2, 0.25) is 0 Å². The molecule has 0 unspecified atom stereocenters. The van der Waals surface area contributed by atoms with Crippen LogP contribution in [-0.4, -0.2) is 28.6 Å². The predicted octanol–water partition coefficient (Wildman–Crippen LogP) is 1.88. The van der Waals surface area contributed by atoms with E-state index in [1.807, 2.05) is 36.1 Å². The van der Waals surface area contributed by atoms with Gasteiger partial charge in [-0.05, 0) is 31.4 Å². The monoisotopic (exact) mass is 276 g/mol. The van der Waals surface area contributed by atoms with Gasteiger partial charge in [0.25, 0.3) is 5.56 Å². The van der Waals surface area contributed by atoms with Crippen molar-refractivity contribution < 1.29 is 9.47 Å². The topological polar surface area (TPSA) is 45.4 Å². The van der Waals surface area contributed by atoms with Crippen LogP contribution in [0.1, 0.15) is 19.3 Å². The smallest absolute Gasteiger partial charge is 0.275 e. The number of nitrogens with zero attached hydrogens (tertiary/aromatic N) is 2. The summed E-state index contributed by atoms with van der Waals surface area (Å²) in [4.78, 5) is 12.3. The Morgan fingerprint density at radius 1 is 1.35 bits per heavy atom. The van der Waals surface area contributed by atoms with Crippen LogP contribution >= 0.6 is 0 Å². The summed E-state index contributed by atoms with van der Waals surface area (Å²) >= 11 is 0. The number of rotatable bonds is 4. The van der Waals surface area contributed by atoms with Crippen molar-refractivity contribution in [1.82, 2.24) is 9.13 Å². The highest BCUT2D eigenvalue weighted by Crippen LogP contribution is 2.13. The minimum absolute atomic E-state index is 0.0307. The van der Waals surface area contributed by atoms with Crippen LogP contribution in [0.5, 0.6) is 0 Å². The van der Waals surface area contributed by atoms with Gasteiger partial charge in [-0.1, -0.05) is 0 Å². The number of fused-ring (bicyclic) bond motifs is 1. The zero-order valence-electron chi connectivity index (χ0n) is 11.7. The molecule has 0 aliphatic carbocycles. The average molecular weight is 276 g/mol. The normalized spacial score (nSPS) is 19.6. The Morgan fingerprint density at radius 2 is 2.20 bits per heavy atom. The van der Waals surface area contributed by atoms with E-state index in [1.54, 1.807) is 4.57 Å². The molecule has 5 heteroatoms. The van der Waals surface area contributed by atoms with Crippen molar-refractivity contribution in [2.75, 3.05) is 13.2 Å². The quantitative estimate of drug-likeness (QED) is 0.856. The van der Waals surface area contributed by atoms with E-state index in [0.717, 1.165) is 36.8 Å². The highest BCUT2D eigenvalue weighted by atomic mass is 16.7. The summed E-state index contributed by atoms with van der Waals surface area (Å²) in [7, 11) is 1.89. The molecule has 1 aliphatic rings. The van der Waals surface area contributed by atoms with Crippen LogP contribution in [0.25, 0.3) is 10.9 Å². The van der Waals surface area contributed by atoms with Crippen LogP contribution in [0.3, 0.4) is 0 Å². The molecule has 1 atom stereocenters. The Labute approximate surface area is 117 Å². The molecule has 0 aromatic carbocycles. The number of aryl methyl sites for hydroxylation is 1. The molecule has 0 spiro atoms. The van der Waals surface area contributed by atoms with Crippen LogP contribution in [0, 0.1) is 0 Å². The largest absolute Gasteiger partial charge is 0.353 e. The minimum Gasteiger partial charge on any atom is -0.353 e. The van der Waals surface area contributed by atoms with Crippen molar-refractivity contribution in [2.24, 2.45) is 7.05 Å². The molecule has 0 bridgehead atoms. The Kier molecular flexibility index (Phi) is 3.89. The lowest BCUT2D eigenvalue weighted by Gasteiger charge is -2.22. The maximum atomic E-state index is 12.3. The van der Waals surface area contributed by atoms with E-state index >= 15 is 0 Å². The van der Waals surface area contributed by atoms with Gasteiger partial charge in [-0.15, -0.1) is 0 Å². The standard InChI is InChI=1S/C15H20N2O3/c1-16-7-5-12-6-8-17(15(18)14(12)16)9-11-20-13-4-2-3-10-19-13/h5-8,13H,2-4,9-11H2,1H3/t13-/m1/s1. The molecule has 1 aliphatic heterocycles. The SMILES string of the molecule is Cn1ccc2ccn(CCO[C@@H]3CCCCO3)c(=O)c21. The van der Waals surface area contributed by atoms with E-state index in [1.165, 1.54) is 0 Å². The lowest BCUT2D eigenvalue weighted by molar-refractivity contribution is -0.163. The van der Waals surface area contributed by atoms with E-state index in [2.05, 4.69) is 0 Å². The van der Waals surface area contributed by atoms with E-state index in [9.17, 15) is 4.79 Å². The van der Waals surface area contributed by atoms with E-state index in [-0.39, 0.29) is 11.8 Å². The molecule has 2 aromatic heterocycles. The number of hydrogen-bond acceptors (Lipinski definition) is 3. The molecule has 108 valence electrons. The van der Waals surface area contributed by atoms with Gasteiger partial charge < -0.3 is 18.6 Å².